The zero-order chi connectivity index (χ0) is 16.1. The summed E-state index contributed by atoms with van der Waals surface area (Å²) < 4.78 is 16.3. The van der Waals surface area contributed by atoms with Gasteiger partial charge in [0.2, 0.25) is 0 Å². The molecular formula is C17H23N3O3. The second kappa shape index (κ2) is 7.57. The molecule has 6 heteroatoms. The van der Waals surface area contributed by atoms with Gasteiger partial charge in [0.25, 0.3) is 5.89 Å². The Kier molecular flexibility index (Phi) is 5.25. The van der Waals surface area contributed by atoms with E-state index in [-0.39, 0.29) is 0 Å². The summed E-state index contributed by atoms with van der Waals surface area (Å²) in [5, 5.41) is 4.07. The highest BCUT2D eigenvalue weighted by atomic mass is 16.5. The summed E-state index contributed by atoms with van der Waals surface area (Å²) in [5.74, 6) is 2.03. The van der Waals surface area contributed by atoms with Crippen molar-refractivity contribution in [3.8, 4) is 17.2 Å². The molecule has 3 rings (SSSR count). The summed E-state index contributed by atoms with van der Waals surface area (Å²) in [4.78, 5) is 6.65. The molecule has 0 saturated carbocycles. The van der Waals surface area contributed by atoms with E-state index in [4.69, 9.17) is 14.0 Å². The van der Waals surface area contributed by atoms with Crippen molar-refractivity contribution in [1.82, 2.24) is 15.0 Å². The first-order valence-corrected chi connectivity index (χ1v) is 8.02. The molecule has 1 aromatic heterocycles. The van der Waals surface area contributed by atoms with Crippen LogP contribution in [0.5, 0.6) is 5.75 Å². The number of aromatic nitrogens is 2. The van der Waals surface area contributed by atoms with Crippen molar-refractivity contribution in [3.05, 3.63) is 30.1 Å². The monoisotopic (exact) mass is 317 g/mol. The molecule has 1 aliphatic heterocycles. The number of nitrogens with zero attached hydrogens (tertiary/aromatic N) is 3. The topological polar surface area (TPSA) is 60.6 Å². The number of likely N-dealkylation sites (N-methyl/N-ethyl adjacent to an activating group) is 1. The summed E-state index contributed by atoms with van der Waals surface area (Å²) in [6.45, 7) is 2.42. The van der Waals surface area contributed by atoms with Crippen LogP contribution in [0.3, 0.4) is 0 Å². The molecule has 2 heterocycles. The number of ether oxygens (including phenoxy) is 2. The molecule has 1 aromatic carbocycles. The molecule has 1 saturated heterocycles. The standard InChI is InChI=1S/C17H23N3O3/c1-20(11-15-5-3-4-10-22-15)12-16-18-17(23-19-16)13-6-8-14(21-2)9-7-13/h6-9,15H,3-5,10-12H2,1-2H3/t15-/m0/s1. The van der Waals surface area contributed by atoms with Crippen molar-refractivity contribution < 1.29 is 14.0 Å². The zero-order valence-corrected chi connectivity index (χ0v) is 13.7. The number of methoxy groups -OCH3 is 1. The van der Waals surface area contributed by atoms with Crippen molar-refractivity contribution in [2.24, 2.45) is 0 Å². The van der Waals surface area contributed by atoms with Gasteiger partial charge in [-0.3, -0.25) is 4.90 Å². The minimum absolute atomic E-state index is 0.321. The maximum Gasteiger partial charge on any atom is 0.257 e. The van der Waals surface area contributed by atoms with E-state index in [0.29, 0.717) is 24.4 Å². The largest absolute Gasteiger partial charge is 0.497 e. The summed E-state index contributed by atoms with van der Waals surface area (Å²) >= 11 is 0. The fourth-order valence-electron chi connectivity index (χ4n) is 2.77. The molecule has 0 radical (unpaired) electrons. The lowest BCUT2D eigenvalue weighted by atomic mass is 10.1. The van der Waals surface area contributed by atoms with Gasteiger partial charge in [0.05, 0.1) is 19.8 Å². The predicted octanol–water partition coefficient (Wildman–Crippen LogP) is 2.75. The lowest BCUT2D eigenvalue weighted by Gasteiger charge is -2.26. The molecule has 6 nitrogen and oxygen atoms in total. The summed E-state index contributed by atoms with van der Waals surface area (Å²) in [7, 11) is 3.70. The molecule has 1 fully saturated rings. The molecule has 0 amide bonds. The van der Waals surface area contributed by atoms with Crippen LogP contribution >= 0.6 is 0 Å². The average molecular weight is 317 g/mol. The summed E-state index contributed by atoms with van der Waals surface area (Å²) in [6, 6.07) is 7.59. The van der Waals surface area contributed by atoms with Crippen LogP contribution in [0, 0.1) is 0 Å². The third-order valence-electron chi connectivity index (χ3n) is 4.01. The van der Waals surface area contributed by atoms with E-state index in [1.54, 1.807) is 7.11 Å². The molecule has 0 bridgehead atoms. The van der Waals surface area contributed by atoms with Gasteiger partial charge in [-0.05, 0) is 50.6 Å². The highest BCUT2D eigenvalue weighted by molar-refractivity contribution is 5.54. The Hall–Kier alpha value is -1.92. The lowest BCUT2D eigenvalue weighted by Crippen LogP contribution is -2.33. The second-order valence-electron chi connectivity index (χ2n) is 5.93. The Balaban J connectivity index is 1.57. The van der Waals surface area contributed by atoms with Crippen molar-refractivity contribution in [2.75, 3.05) is 27.3 Å². The number of hydrogen-bond acceptors (Lipinski definition) is 6. The minimum atomic E-state index is 0.321. The average Bonchev–Trinajstić information content (AvgIpc) is 3.04. The predicted molar refractivity (Wildman–Crippen MR) is 86.2 cm³/mol. The van der Waals surface area contributed by atoms with Crippen LogP contribution in [-0.4, -0.2) is 48.5 Å². The molecule has 1 aliphatic rings. The van der Waals surface area contributed by atoms with Gasteiger partial charge in [-0.1, -0.05) is 5.16 Å². The zero-order valence-electron chi connectivity index (χ0n) is 13.7. The van der Waals surface area contributed by atoms with E-state index in [1.807, 2.05) is 24.3 Å². The number of rotatable bonds is 6. The highest BCUT2D eigenvalue weighted by Gasteiger charge is 2.17. The van der Waals surface area contributed by atoms with Crippen LogP contribution in [0.4, 0.5) is 0 Å². The Morgan fingerprint density at radius 1 is 1.26 bits per heavy atom. The van der Waals surface area contributed by atoms with E-state index in [2.05, 4.69) is 22.1 Å². The second-order valence-corrected chi connectivity index (χ2v) is 5.93. The molecule has 0 spiro atoms. The fraction of sp³-hybridized carbons (Fsp3) is 0.529. The Morgan fingerprint density at radius 2 is 2.09 bits per heavy atom. The molecule has 23 heavy (non-hydrogen) atoms. The van der Waals surface area contributed by atoms with Crippen LogP contribution in [0.1, 0.15) is 25.1 Å². The van der Waals surface area contributed by atoms with E-state index >= 15 is 0 Å². The van der Waals surface area contributed by atoms with Crippen molar-refractivity contribution in [3.63, 3.8) is 0 Å². The fourth-order valence-corrected chi connectivity index (χ4v) is 2.77. The third kappa shape index (κ3) is 4.30. The summed E-state index contributed by atoms with van der Waals surface area (Å²) in [5.41, 5.74) is 0.891. The van der Waals surface area contributed by atoms with E-state index in [0.717, 1.165) is 30.9 Å². The minimum Gasteiger partial charge on any atom is -0.497 e. The Morgan fingerprint density at radius 3 is 2.78 bits per heavy atom. The molecule has 0 aliphatic carbocycles. The Bertz CT molecular complexity index is 606. The van der Waals surface area contributed by atoms with Gasteiger partial charge in [-0.25, -0.2) is 0 Å². The van der Waals surface area contributed by atoms with Crippen molar-refractivity contribution in [1.29, 1.82) is 0 Å². The molecule has 0 N–H and O–H groups in total. The first-order chi connectivity index (χ1) is 11.2. The van der Waals surface area contributed by atoms with E-state index in [9.17, 15) is 0 Å². The third-order valence-corrected chi connectivity index (χ3v) is 4.01. The van der Waals surface area contributed by atoms with Crippen LogP contribution < -0.4 is 4.74 Å². The number of benzene rings is 1. The Labute approximate surface area is 136 Å². The first kappa shape index (κ1) is 16.0. The van der Waals surface area contributed by atoms with Crippen LogP contribution in [-0.2, 0) is 11.3 Å². The van der Waals surface area contributed by atoms with Crippen LogP contribution in [0.25, 0.3) is 11.5 Å². The van der Waals surface area contributed by atoms with Gasteiger partial charge in [0, 0.05) is 18.7 Å². The van der Waals surface area contributed by atoms with Gasteiger partial charge >= 0.3 is 0 Å². The first-order valence-electron chi connectivity index (χ1n) is 8.02. The van der Waals surface area contributed by atoms with E-state index in [1.165, 1.54) is 12.8 Å². The van der Waals surface area contributed by atoms with E-state index < -0.39 is 0 Å². The highest BCUT2D eigenvalue weighted by Crippen LogP contribution is 2.21. The van der Waals surface area contributed by atoms with Crippen molar-refractivity contribution in [2.45, 2.75) is 31.9 Å². The van der Waals surface area contributed by atoms with Crippen LogP contribution in [0.15, 0.2) is 28.8 Å². The van der Waals surface area contributed by atoms with Gasteiger partial charge in [-0.2, -0.15) is 4.98 Å². The van der Waals surface area contributed by atoms with Gasteiger partial charge in [0.15, 0.2) is 5.82 Å². The normalized spacial score (nSPS) is 18.3. The molecule has 0 unspecified atom stereocenters. The quantitative estimate of drug-likeness (QED) is 0.816. The molecular weight excluding hydrogens is 294 g/mol. The smallest absolute Gasteiger partial charge is 0.257 e. The molecule has 1 atom stereocenters. The molecule has 124 valence electrons. The summed E-state index contributed by atoms with van der Waals surface area (Å²) in [6.07, 6.45) is 3.88. The maximum absolute atomic E-state index is 5.76. The van der Waals surface area contributed by atoms with Crippen molar-refractivity contribution >= 4 is 0 Å². The van der Waals surface area contributed by atoms with Gasteiger partial charge in [0.1, 0.15) is 5.75 Å². The van der Waals surface area contributed by atoms with Gasteiger partial charge < -0.3 is 14.0 Å². The molecule has 2 aromatic rings. The SMILES string of the molecule is COc1ccc(-c2nc(CN(C)C[C@@H]3CCCCO3)no2)cc1. The van der Waals surface area contributed by atoms with Gasteiger partial charge in [-0.15, -0.1) is 0 Å². The van der Waals surface area contributed by atoms with Crippen LogP contribution in [0.2, 0.25) is 0 Å². The number of hydrogen-bond donors (Lipinski definition) is 0. The maximum atomic E-state index is 5.76. The lowest BCUT2D eigenvalue weighted by molar-refractivity contribution is -0.00299.